The topological polar surface area (TPSA) is 17.1 Å². The van der Waals surface area contributed by atoms with Crippen LogP contribution in [-0.4, -0.2) is 0 Å². The van der Waals surface area contributed by atoms with Gasteiger partial charge >= 0.3 is 0 Å². The van der Waals surface area contributed by atoms with Gasteiger partial charge in [0.1, 0.15) is 0 Å². The van der Waals surface area contributed by atoms with Crippen molar-refractivity contribution in [2.75, 3.05) is 0 Å². The van der Waals surface area contributed by atoms with E-state index in [-0.39, 0.29) is 5.43 Å². The van der Waals surface area contributed by atoms with Crippen LogP contribution >= 0.6 is 0 Å². The van der Waals surface area contributed by atoms with E-state index in [1.165, 1.54) is 31.2 Å². The van der Waals surface area contributed by atoms with Crippen molar-refractivity contribution >= 4 is 0 Å². The van der Waals surface area contributed by atoms with Crippen molar-refractivity contribution in [3.05, 3.63) is 45.6 Å². The summed E-state index contributed by atoms with van der Waals surface area (Å²) in [5.74, 6) is 0.634. The highest BCUT2D eigenvalue weighted by molar-refractivity contribution is 5.23. The van der Waals surface area contributed by atoms with E-state index in [0.717, 1.165) is 5.56 Å². The molecular weight excluding hydrogens is 172 g/mol. The molecule has 1 aliphatic rings. The first-order chi connectivity index (χ1) is 6.77. The molecule has 2 rings (SSSR count). The van der Waals surface area contributed by atoms with Gasteiger partial charge in [-0.3, -0.25) is 4.79 Å². The summed E-state index contributed by atoms with van der Waals surface area (Å²) >= 11 is 0. The lowest BCUT2D eigenvalue weighted by Gasteiger charge is -2.05. The molecule has 0 N–H and O–H groups in total. The van der Waals surface area contributed by atoms with Gasteiger partial charge in [-0.05, 0) is 42.9 Å². The summed E-state index contributed by atoms with van der Waals surface area (Å²) in [6.45, 7) is 1.88. The molecule has 74 valence electrons. The Bertz CT molecular complexity index is 375. The third-order valence-corrected chi connectivity index (χ3v) is 3.15. The molecule has 1 saturated carbocycles. The molecule has 1 aromatic carbocycles. The Morgan fingerprint density at radius 2 is 1.93 bits per heavy atom. The van der Waals surface area contributed by atoms with Crippen molar-refractivity contribution in [3.63, 3.8) is 0 Å². The molecular formula is C13H16O. The number of rotatable bonds is 1. The first kappa shape index (κ1) is 9.45. The van der Waals surface area contributed by atoms with Crippen LogP contribution in [0.1, 0.15) is 42.7 Å². The van der Waals surface area contributed by atoms with Gasteiger partial charge in [0.05, 0.1) is 0 Å². The average Bonchev–Trinajstić information content (AvgIpc) is 2.63. The number of hydrogen-bond acceptors (Lipinski definition) is 1. The normalized spacial score (nSPS) is 17.2. The molecule has 1 aliphatic carbocycles. The largest absolute Gasteiger partial charge is 0.290 e. The highest BCUT2D eigenvalue weighted by atomic mass is 16.1. The van der Waals surface area contributed by atoms with Crippen LogP contribution < -0.4 is 5.43 Å². The molecule has 0 heterocycles. The van der Waals surface area contributed by atoms with Crippen LogP contribution in [0.3, 0.4) is 0 Å². The molecule has 0 radical (unpaired) electrons. The standard InChI is InChI=1S/C13H16O/c1-10-5-4-8-12(9-13(10)14)11-6-2-3-7-11/h4-5,8-9,11H,2-3,6-7H2,1H3. The third-order valence-electron chi connectivity index (χ3n) is 3.15. The van der Waals surface area contributed by atoms with E-state index in [1.54, 1.807) is 0 Å². The molecule has 0 atom stereocenters. The number of aryl methyl sites for hydroxylation is 1. The summed E-state index contributed by atoms with van der Waals surface area (Å²) in [5.41, 5.74) is 2.26. The molecule has 0 unspecified atom stereocenters. The highest BCUT2D eigenvalue weighted by Crippen LogP contribution is 2.33. The molecule has 0 saturated heterocycles. The molecule has 14 heavy (non-hydrogen) atoms. The van der Waals surface area contributed by atoms with Crippen LogP contribution in [0, 0.1) is 6.92 Å². The Hall–Kier alpha value is -1.11. The Balaban J connectivity index is 2.40. The Morgan fingerprint density at radius 3 is 2.64 bits per heavy atom. The van der Waals surface area contributed by atoms with Gasteiger partial charge in [-0.1, -0.05) is 31.0 Å². The van der Waals surface area contributed by atoms with Crippen molar-refractivity contribution in [2.45, 2.75) is 38.5 Å². The summed E-state index contributed by atoms with van der Waals surface area (Å²) in [4.78, 5) is 11.6. The van der Waals surface area contributed by atoms with E-state index >= 15 is 0 Å². The first-order valence-corrected chi connectivity index (χ1v) is 5.38. The van der Waals surface area contributed by atoms with Crippen LogP contribution in [0.25, 0.3) is 0 Å². The van der Waals surface area contributed by atoms with Gasteiger partial charge in [0.25, 0.3) is 0 Å². The fraction of sp³-hybridized carbons (Fsp3) is 0.462. The molecule has 1 nitrogen and oxygen atoms in total. The molecule has 0 aromatic heterocycles. The van der Waals surface area contributed by atoms with Crippen molar-refractivity contribution in [1.29, 1.82) is 0 Å². The van der Waals surface area contributed by atoms with Gasteiger partial charge in [0.2, 0.25) is 0 Å². The lowest BCUT2D eigenvalue weighted by molar-refractivity contribution is 0.723. The van der Waals surface area contributed by atoms with Crippen molar-refractivity contribution in [2.24, 2.45) is 0 Å². The molecule has 0 spiro atoms. The summed E-state index contributed by atoms with van der Waals surface area (Å²) < 4.78 is 0. The minimum atomic E-state index is 0.178. The Labute approximate surface area is 84.8 Å². The molecule has 1 heteroatoms. The SMILES string of the molecule is Cc1cccc(C2CCCC2)cc1=O. The third kappa shape index (κ3) is 1.87. The fourth-order valence-corrected chi connectivity index (χ4v) is 2.21. The van der Waals surface area contributed by atoms with E-state index in [2.05, 4.69) is 6.07 Å². The lowest BCUT2D eigenvalue weighted by Crippen LogP contribution is -2.01. The predicted octanol–water partition coefficient (Wildman–Crippen LogP) is 3.01. The lowest BCUT2D eigenvalue weighted by atomic mass is 9.99. The average molecular weight is 188 g/mol. The van der Waals surface area contributed by atoms with Gasteiger partial charge in [-0.25, -0.2) is 0 Å². The molecule has 1 aromatic rings. The summed E-state index contributed by atoms with van der Waals surface area (Å²) in [6, 6.07) is 7.83. The van der Waals surface area contributed by atoms with Crippen LogP contribution in [-0.2, 0) is 0 Å². The summed E-state index contributed by atoms with van der Waals surface area (Å²) in [7, 11) is 0. The first-order valence-electron chi connectivity index (χ1n) is 5.38. The number of hydrogen-bond donors (Lipinski definition) is 0. The second-order valence-corrected chi connectivity index (χ2v) is 4.20. The monoisotopic (exact) mass is 188 g/mol. The van der Waals surface area contributed by atoms with Gasteiger partial charge in [-0.2, -0.15) is 0 Å². The minimum absolute atomic E-state index is 0.178. The second kappa shape index (κ2) is 3.95. The van der Waals surface area contributed by atoms with Crippen molar-refractivity contribution in [3.8, 4) is 0 Å². The zero-order valence-corrected chi connectivity index (χ0v) is 8.62. The van der Waals surface area contributed by atoms with Gasteiger partial charge in [0.15, 0.2) is 5.43 Å². The summed E-state index contributed by atoms with van der Waals surface area (Å²) in [5, 5.41) is 0. The molecule has 0 aliphatic heterocycles. The second-order valence-electron chi connectivity index (χ2n) is 4.20. The Kier molecular flexibility index (Phi) is 2.67. The maximum absolute atomic E-state index is 11.6. The van der Waals surface area contributed by atoms with Crippen LogP contribution in [0.15, 0.2) is 29.1 Å². The Morgan fingerprint density at radius 1 is 1.21 bits per heavy atom. The van der Waals surface area contributed by atoms with E-state index in [0.29, 0.717) is 5.92 Å². The van der Waals surface area contributed by atoms with Gasteiger partial charge in [0, 0.05) is 0 Å². The maximum atomic E-state index is 11.6. The minimum Gasteiger partial charge on any atom is -0.290 e. The van der Waals surface area contributed by atoms with Gasteiger partial charge < -0.3 is 0 Å². The van der Waals surface area contributed by atoms with Crippen LogP contribution in [0.4, 0.5) is 0 Å². The van der Waals surface area contributed by atoms with Crippen LogP contribution in [0.2, 0.25) is 0 Å². The van der Waals surface area contributed by atoms with E-state index < -0.39 is 0 Å². The summed E-state index contributed by atoms with van der Waals surface area (Å²) in [6.07, 6.45) is 5.14. The zero-order chi connectivity index (χ0) is 9.97. The molecule has 1 fully saturated rings. The van der Waals surface area contributed by atoms with E-state index in [4.69, 9.17) is 0 Å². The van der Waals surface area contributed by atoms with Crippen LogP contribution in [0.5, 0.6) is 0 Å². The molecule has 0 amide bonds. The zero-order valence-electron chi connectivity index (χ0n) is 8.62. The highest BCUT2D eigenvalue weighted by Gasteiger charge is 2.16. The van der Waals surface area contributed by atoms with Gasteiger partial charge in [-0.15, -0.1) is 0 Å². The van der Waals surface area contributed by atoms with E-state index in [9.17, 15) is 4.79 Å². The molecule has 0 bridgehead atoms. The smallest absolute Gasteiger partial charge is 0.181 e. The predicted molar refractivity (Wildman–Crippen MR) is 58.7 cm³/mol. The van der Waals surface area contributed by atoms with Crippen molar-refractivity contribution in [1.82, 2.24) is 0 Å². The quantitative estimate of drug-likeness (QED) is 0.662. The van der Waals surface area contributed by atoms with E-state index in [1.807, 2.05) is 25.1 Å². The maximum Gasteiger partial charge on any atom is 0.181 e. The fourth-order valence-electron chi connectivity index (χ4n) is 2.21. The van der Waals surface area contributed by atoms with Crippen molar-refractivity contribution < 1.29 is 0 Å².